The van der Waals surface area contributed by atoms with E-state index in [1.54, 1.807) is 36.4 Å². The second kappa shape index (κ2) is 9.15. The van der Waals surface area contributed by atoms with E-state index in [-0.39, 0.29) is 24.1 Å². The number of nitrogens with zero attached hydrogens (tertiary/aromatic N) is 1. The molecule has 0 radical (unpaired) electrons. The van der Waals surface area contributed by atoms with E-state index in [0.717, 1.165) is 5.56 Å². The van der Waals surface area contributed by atoms with Crippen molar-refractivity contribution in [1.29, 1.82) is 0 Å². The van der Waals surface area contributed by atoms with Crippen molar-refractivity contribution in [3.05, 3.63) is 64.7 Å². The molecule has 26 heavy (non-hydrogen) atoms. The van der Waals surface area contributed by atoms with Crippen molar-refractivity contribution < 1.29 is 14.4 Å². The molecule has 2 rings (SSSR count). The normalized spacial score (nSPS) is 10.3. The first-order chi connectivity index (χ1) is 12.3. The van der Waals surface area contributed by atoms with E-state index in [9.17, 15) is 14.4 Å². The highest BCUT2D eigenvalue weighted by Gasteiger charge is 2.14. The monoisotopic (exact) mass is 372 g/mol. The molecule has 6 heteroatoms. The van der Waals surface area contributed by atoms with Gasteiger partial charge in [0.1, 0.15) is 0 Å². The lowest BCUT2D eigenvalue weighted by atomic mass is 10.1. The minimum atomic E-state index is -0.285. The van der Waals surface area contributed by atoms with Crippen LogP contribution in [0.2, 0.25) is 5.02 Å². The highest BCUT2D eigenvalue weighted by molar-refractivity contribution is 6.30. The summed E-state index contributed by atoms with van der Waals surface area (Å²) < 4.78 is 0. The topological polar surface area (TPSA) is 66.5 Å². The van der Waals surface area contributed by atoms with Crippen LogP contribution in [0, 0.1) is 0 Å². The Kier molecular flexibility index (Phi) is 6.92. The van der Waals surface area contributed by atoms with Crippen LogP contribution in [-0.2, 0) is 16.0 Å². The van der Waals surface area contributed by atoms with E-state index in [4.69, 9.17) is 11.6 Å². The van der Waals surface area contributed by atoms with Gasteiger partial charge >= 0.3 is 0 Å². The smallest absolute Gasteiger partial charge is 0.243 e. The fourth-order valence-electron chi connectivity index (χ4n) is 2.43. The lowest BCUT2D eigenvalue weighted by molar-refractivity contribution is -0.132. The number of rotatable bonds is 7. The van der Waals surface area contributed by atoms with Crippen LogP contribution in [0.3, 0.4) is 0 Å². The molecule has 136 valence electrons. The first-order valence-electron chi connectivity index (χ1n) is 8.26. The Hall–Kier alpha value is -2.66. The van der Waals surface area contributed by atoms with Crippen LogP contribution in [0.1, 0.15) is 29.8 Å². The molecule has 0 aromatic heterocycles. The summed E-state index contributed by atoms with van der Waals surface area (Å²) in [7, 11) is 0. The molecule has 2 aromatic rings. The molecular formula is C20H21ClN2O3. The summed E-state index contributed by atoms with van der Waals surface area (Å²) in [5.41, 5.74) is 2.21. The van der Waals surface area contributed by atoms with E-state index >= 15 is 0 Å². The second-order valence-electron chi connectivity index (χ2n) is 6.00. The van der Waals surface area contributed by atoms with Crippen molar-refractivity contribution in [3.8, 4) is 0 Å². The van der Waals surface area contributed by atoms with Crippen molar-refractivity contribution in [2.75, 3.05) is 18.4 Å². The van der Waals surface area contributed by atoms with Gasteiger partial charge in [-0.25, -0.2) is 0 Å². The Bertz CT molecular complexity index is 786. The van der Waals surface area contributed by atoms with Gasteiger partial charge in [0.15, 0.2) is 5.78 Å². The van der Waals surface area contributed by atoms with E-state index in [1.807, 2.05) is 12.1 Å². The molecule has 0 heterocycles. The van der Waals surface area contributed by atoms with Gasteiger partial charge in [-0.2, -0.15) is 0 Å². The fourth-order valence-corrected chi connectivity index (χ4v) is 2.55. The summed E-state index contributed by atoms with van der Waals surface area (Å²) in [5, 5.41) is 3.40. The molecule has 0 saturated carbocycles. The molecule has 0 bridgehead atoms. The van der Waals surface area contributed by atoms with Crippen LogP contribution >= 0.6 is 11.6 Å². The van der Waals surface area contributed by atoms with Gasteiger partial charge < -0.3 is 10.2 Å². The molecule has 0 atom stereocenters. The summed E-state index contributed by atoms with van der Waals surface area (Å²) in [5.74, 6) is -0.485. The first-order valence-corrected chi connectivity index (χ1v) is 8.64. The average molecular weight is 373 g/mol. The van der Waals surface area contributed by atoms with Crippen LogP contribution in [0.25, 0.3) is 0 Å². The van der Waals surface area contributed by atoms with Crippen molar-refractivity contribution in [2.45, 2.75) is 20.3 Å². The number of benzene rings is 2. The van der Waals surface area contributed by atoms with Crippen molar-refractivity contribution >= 4 is 34.9 Å². The number of hydrogen-bond donors (Lipinski definition) is 1. The van der Waals surface area contributed by atoms with Crippen LogP contribution in [-0.4, -0.2) is 35.6 Å². The third-order valence-corrected chi connectivity index (χ3v) is 4.19. The van der Waals surface area contributed by atoms with Gasteiger partial charge in [-0.3, -0.25) is 14.4 Å². The van der Waals surface area contributed by atoms with Gasteiger partial charge in [0, 0.05) is 29.7 Å². The van der Waals surface area contributed by atoms with Gasteiger partial charge in [0.05, 0.1) is 6.54 Å². The van der Waals surface area contributed by atoms with Gasteiger partial charge in [-0.05, 0) is 55.3 Å². The minimum Gasteiger partial charge on any atom is -0.333 e. The Morgan fingerprint density at radius 1 is 0.962 bits per heavy atom. The van der Waals surface area contributed by atoms with Gasteiger partial charge in [0.2, 0.25) is 11.8 Å². The predicted molar refractivity (Wildman–Crippen MR) is 102 cm³/mol. The molecule has 2 amide bonds. The maximum atomic E-state index is 12.2. The van der Waals surface area contributed by atoms with E-state index < -0.39 is 0 Å². The number of carbonyl (C=O) groups excluding carboxylic acids is 3. The van der Waals surface area contributed by atoms with Gasteiger partial charge in [-0.15, -0.1) is 0 Å². The molecule has 0 unspecified atom stereocenters. The number of carbonyl (C=O) groups is 3. The van der Waals surface area contributed by atoms with Gasteiger partial charge in [0.25, 0.3) is 0 Å². The summed E-state index contributed by atoms with van der Waals surface area (Å²) in [6.07, 6.45) is 0.636. The highest BCUT2D eigenvalue weighted by Crippen LogP contribution is 2.12. The van der Waals surface area contributed by atoms with Crippen molar-refractivity contribution in [2.24, 2.45) is 0 Å². The Balaban J connectivity index is 1.91. The van der Waals surface area contributed by atoms with Crippen molar-refractivity contribution in [3.63, 3.8) is 0 Å². The first kappa shape index (κ1) is 19.7. The average Bonchev–Trinajstić information content (AvgIpc) is 2.60. The lowest BCUT2D eigenvalue weighted by Crippen LogP contribution is -2.38. The number of amides is 2. The van der Waals surface area contributed by atoms with E-state index in [0.29, 0.717) is 29.2 Å². The van der Waals surface area contributed by atoms with Gasteiger partial charge in [-0.1, -0.05) is 23.7 Å². The number of halogens is 1. The summed E-state index contributed by atoms with van der Waals surface area (Å²) in [4.78, 5) is 36.8. The highest BCUT2D eigenvalue weighted by atomic mass is 35.5. The molecule has 1 N–H and O–H groups in total. The summed E-state index contributed by atoms with van der Waals surface area (Å²) >= 11 is 5.86. The molecule has 5 nitrogen and oxygen atoms in total. The number of Topliss-reactive ketones (excluding diaryl/α,β-unsaturated/α-hetero) is 1. The van der Waals surface area contributed by atoms with E-state index in [1.165, 1.54) is 18.7 Å². The zero-order valence-electron chi connectivity index (χ0n) is 14.8. The predicted octanol–water partition coefficient (Wildman–Crippen LogP) is 3.57. The molecule has 2 aromatic carbocycles. The Morgan fingerprint density at radius 2 is 1.58 bits per heavy atom. The van der Waals surface area contributed by atoms with Crippen molar-refractivity contribution in [1.82, 2.24) is 4.90 Å². The molecular weight excluding hydrogens is 352 g/mol. The fraction of sp³-hybridized carbons (Fsp3) is 0.250. The lowest BCUT2D eigenvalue weighted by Gasteiger charge is -2.20. The zero-order valence-corrected chi connectivity index (χ0v) is 15.5. The molecule has 0 fully saturated rings. The largest absolute Gasteiger partial charge is 0.333 e. The van der Waals surface area contributed by atoms with Crippen LogP contribution in [0.5, 0.6) is 0 Å². The SMILES string of the molecule is CC(=O)c1ccc(NC(=O)CN(CCc2ccc(Cl)cc2)C(C)=O)cc1. The standard InChI is InChI=1S/C20H21ClN2O3/c1-14(24)17-5-9-19(10-6-17)22-20(26)13-23(15(2)25)12-11-16-3-7-18(21)8-4-16/h3-10H,11-13H2,1-2H3,(H,22,26). The number of hydrogen-bond acceptors (Lipinski definition) is 3. The number of anilines is 1. The summed E-state index contributed by atoms with van der Waals surface area (Å²) in [6, 6.07) is 14.0. The number of nitrogens with one attached hydrogen (secondary N) is 1. The molecule has 0 saturated heterocycles. The van der Waals surface area contributed by atoms with E-state index in [2.05, 4.69) is 5.32 Å². The third-order valence-electron chi connectivity index (χ3n) is 3.94. The van der Waals surface area contributed by atoms with Crippen LogP contribution in [0.15, 0.2) is 48.5 Å². The molecule has 0 aliphatic rings. The maximum absolute atomic E-state index is 12.2. The quantitative estimate of drug-likeness (QED) is 0.755. The van der Waals surface area contributed by atoms with Crippen LogP contribution in [0.4, 0.5) is 5.69 Å². The second-order valence-corrected chi connectivity index (χ2v) is 6.44. The summed E-state index contributed by atoms with van der Waals surface area (Å²) in [6.45, 7) is 3.33. The Morgan fingerprint density at radius 3 is 2.12 bits per heavy atom. The van der Waals surface area contributed by atoms with Crippen LogP contribution < -0.4 is 5.32 Å². The third kappa shape index (κ3) is 6.01. The maximum Gasteiger partial charge on any atom is 0.243 e. The zero-order chi connectivity index (χ0) is 19.1. The minimum absolute atomic E-state index is 0.0304. The molecule has 0 aliphatic carbocycles. The Labute approximate surface area is 158 Å². The molecule has 0 spiro atoms. The molecule has 0 aliphatic heterocycles. The number of ketones is 1.